The van der Waals surface area contributed by atoms with Gasteiger partial charge < -0.3 is 10.6 Å². The summed E-state index contributed by atoms with van der Waals surface area (Å²) in [5.74, 6) is -0.199. The summed E-state index contributed by atoms with van der Waals surface area (Å²) in [4.78, 5) is 33.1. The Bertz CT molecular complexity index is 455. The lowest BCUT2D eigenvalue weighted by atomic mass is 10.1. The second kappa shape index (κ2) is 5.79. The lowest BCUT2D eigenvalue weighted by Crippen LogP contribution is -2.32. The molecule has 0 saturated heterocycles. The molecular formula is C12H14N2O3. The molecule has 0 saturated carbocycles. The van der Waals surface area contributed by atoms with Gasteiger partial charge in [0.05, 0.1) is 6.54 Å². The van der Waals surface area contributed by atoms with Crippen LogP contribution >= 0.6 is 0 Å². The van der Waals surface area contributed by atoms with E-state index < -0.39 is 6.03 Å². The van der Waals surface area contributed by atoms with Gasteiger partial charge in [0.2, 0.25) is 0 Å². The van der Waals surface area contributed by atoms with Gasteiger partial charge in [-0.25, -0.2) is 4.79 Å². The van der Waals surface area contributed by atoms with Crippen molar-refractivity contribution >= 4 is 23.3 Å². The van der Waals surface area contributed by atoms with Crippen LogP contribution in [0.25, 0.3) is 0 Å². The van der Waals surface area contributed by atoms with E-state index in [1.54, 1.807) is 24.3 Å². The first-order valence-electron chi connectivity index (χ1n) is 5.14. The van der Waals surface area contributed by atoms with Gasteiger partial charge in [0.15, 0.2) is 5.78 Å². The van der Waals surface area contributed by atoms with Crippen LogP contribution in [-0.2, 0) is 4.79 Å². The molecule has 1 aromatic rings. The van der Waals surface area contributed by atoms with Gasteiger partial charge in [-0.3, -0.25) is 9.59 Å². The summed E-state index contributed by atoms with van der Waals surface area (Å²) in [6, 6.07) is 6.12. The fourth-order valence-electron chi connectivity index (χ4n) is 1.20. The largest absolute Gasteiger partial charge is 0.331 e. The summed E-state index contributed by atoms with van der Waals surface area (Å²) in [6.45, 7) is 2.82. The summed E-state index contributed by atoms with van der Waals surface area (Å²) in [7, 11) is 0. The highest BCUT2D eigenvalue weighted by atomic mass is 16.2. The van der Waals surface area contributed by atoms with E-state index in [0.29, 0.717) is 11.3 Å². The molecule has 0 aliphatic rings. The molecule has 0 aliphatic carbocycles. The van der Waals surface area contributed by atoms with E-state index in [4.69, 9.17) is 0 Å². The maximum atomic E-state index is 11.3. The minimum atomic E-state index is -0.471. The average molecular weight is 234 g/mol. The molecule has 0 heterocycles. The first kappa shape index (κ1) is 12.9. The van der Waals surface area contributed by atoms with Gasteiger partial charge in [-0.2, -0.15) is 0 Å². The summed E-state index contributed by atoms with van der Waals surface area (Å²) in [5, 5.41) is 4.93. The Morgan fingerprint density at radius 2 is 1.88 bits per heavy atom. The Morgan fingerprint density at radius 3 is 2.47 bits per heavy atom. The third kappa shape index (κ3) is 4.46. The number of carbonyl (C=O) groups excluding carboxylic acids is 3. The van der Waals surface area contributed by atoms with E-state index in [-0.39, 0.29) is 18.1 Å². The predicted octanol–water partition coefficient (Wildman–Crippen LogP) is 1.60. The van der Waals surface area contributed by atoms with Crippen LogP contribution in [0, 0.1) is 0 Å². The van der Waals surface area contributed by atoms with Crippen LogP contribution in [0.4, 0.5) is 10.5 Å². The molecule has 17 heavy (non-hydrogen) atoms. The molecule has 90 valence electrons. The van der Waals surface area contributed by atoms with Crippen molar-refractivity contribution in [1.82, 2.24) is 5.32 Å². The van der Waals surface area contributed by atoms with Crippen molar-refractivity contribution in [2.24, 2.45) is 0 Å². The van der Waals surface area contributed by atoms with E-state index in [1.807, 2.05) is 0 Å². The number of carbonyl (C=O) groups is 3. The zero-order valence-corrected chi connectivity index (χ0v) is 9.74. The number of hydrogen-bond donors (Lipinski definition) is 2. The molecule has 0 aliphatic heterocycles. The number of nitrogens with one attached hydrogen (secondary N) is 2. The highest BCUT2D eigenvalue weighted by Gasteiger charge is 2.04. The summed E-state index contributed by atoms with van der Waals surface area (Å²) in [5.41, 5.74) is 1.04. The molecule has 0 spiro atoms. The Morgan fingerprint density at radius 1 is 1.18 bits per heavy atom. The summed E-state index contributed by atoms with van der Waals surface area (Å²) >= 11 is 0. The van der Waals surface area contributed by atoms with Gasteiger partial charge in [-0.1, -0.05) is 12.1 Å². The maximum absolute atomic E-state index is 11.3. The second-order valence-corrected chi connectivity index (χ2v) is 3.65. The molecular weight excluding hydrogens is 220 g/mol. The summed E-state index contributed by atoms with van der Waals surface area (Å²) < 4.78 is 0. The SMILES string of the molecule is CC(=O)CNC(=O)Nc1cccc(C(C)=O)c1. The monoisotopic (exact) mass is 234 g/mol. The van der Waals surface area contributed by atoms with Crippen molar-refractivity contribution in [2.75, 3.05) is 11.9 Å². The smallest absolute Gasteiger partial charge is 0.319 e. The van der Waals surface area contributed by atoms with Gasteiger partial charge in [-0.15, -0.1) is 0 Å². The number of anilines is 1. The predicted molar refractivity (Wildman–Crippen MR) is 64.1 cm³/mol. The number of benzene rings is 1. The van der Waals surface area contributed by atoms with Gasteiger partial charge in [0, 0.05) is 11.3 Å². The van der Waals surface area contributed by atoms with Crippen LogP contribution < -0.4 is 10.6 Å². The van der Waals surface area contributed by atoms with E-state index in [1.165, 1.54) is 13.8 Å². The van der Waals surface area contributed by atoms with Gasteiger partial charge in [-0.05, 0) is 26.0 Å². The van der Waals surface area contributed by atoms with Gasteiger partial charge in [0.1, 0.15) is 5.78 Å². The minimum absolute atomic E-state index is 0.0156. The van der Waals surface area contributed by atoms with Crippen LogP contribution in [0.5, 0.6) is 0 Å². The topological polar surface area (TPSA) is 75.3 Å². The van der Waals surface area contributed by atoms with Crippen molar-refractivity contribution in [3.8, 4) is 0 Å². The lowest BCUT2D eigenvalue weighted by Gasteiger charge is -2.06. The molecule has 0 aromatic heterocycles. The Labute approximate surface area is 99.2 Å². The van der Waals surface area contributed by atoms with Crippen LogP contribution in [0.15, 0.2) is 24.3 Å². The van der Waals surface area contributed by atoms with Crippen LogP contribution in [0.2, 0.25) is 0 Å². The molecule has 1 rings (SSSR count). The molecule has 2 amide bonds. The Kier molecular flexibility index (Phi) is 4.39. The van der Waals surface area contributed by atoms with Crippen LogP contribution in [0.3, 0.4) is 0 Å². The van der Waals surface area contributed by atoms with Crippen molar-refractivity contribution in [1.29, 1.82) is 0 Å². The lowest BCUT2D eigenvalue weighted by molar-refractivity contribution is -0.116. The summed E-state index contributed by atoms with van der Waals surface area (Å²) in [6.07, 6.45) is 0. The van der Waals surface area contributed by atoms with Gasteiger partial charge >= 0.3 is 6.03 Å². The highest BCUT2D eigenvalue weighted by molar-refractivity contribution is 5.97. The molecule has 0 bridgehead atoms. The number of Topliss-reactive ketones (excluding diaryl/α,β-unsaturated/α-hetero) is 2. The molecule has 5 heteroatoms. The molecule has 0 radical (unpaired) electrons. The Hall–Kier alpha value is -2.17. The second-order valence-electron chi connectivity index (χ2n) is 3.65. The number of amides is 2. The number of ketones is 2. The molecule has 1 aromatic carbocycles. The first-order chi connectivity index (χ1) is 7.99. The third-order valence-electron chi connectivity index (χ3n) is 2.02. The van der Waals surface area contributed by atoms with Crippen LogP contribution in [-0.4, -0.2) is 24.1 Å². The minimum Gasteiger partial charge on any atom is -0.331 e. The van der Waals surface area contributed by atoms with Crippen molar-refractivity contribution in [3.05, 3.63) is 29.8 Å². The zero-order valence-electron chi connectivity index (χ0n) is 9.74. The first-order valence-corrected chi connectivity index (χ1v) is 5.14. The fraction of sp³-hybridized carbons (Fsp3) is 0.250. The normalized spacial score (nSPS) is 9.53. The van der Waals surface area contributed by atoms with Crippen molar-refractivity contribution < 1.29 is 14.4 Å². The highest BCUT2D eigenvalue weighted by Crippen LogP contribution is 2.10. The molecule has 0 fully saturated rings. The average Bonchev–Trinajstić information content (AvgIpc) is 2.26. The third-order valence-corrected chi connectivity index (χ3v) is 2.02. The standard InChI is InChI=1S/C12H14N2O3/c1-8(15)7-13-12(17)14-11-5-3-4-10(6-11)9(2)16/h3-6H,7H2,1-2H3,(H2,13,14,17). The van der Waals surface area contributed by atoms with E-state index >= 15 is 0 Å². The van der Waals surface area contributed by atoms with Crippen molar-refractivity contribution in [3.63, 3.8) is 0 Å². The zero-order chi connectivity index (χ0) is 12.8. The fourth-order valence-corrected chi connectivity index (χ4v) is 1.20. The van der Waals surface area contributed by atoms with E-state index in [9.17, 15) is 14.4 Å². The molecule has 5 nitrogen and oxygen atoms in total. The van der Waals surface area contributed by atoms with Gasteiger partial charge in [0.25, 0.3) is 0 Å². The molecule has 2 N–H and O–H groups in total. The van der Waals surface area contributed by atoms with Crippen LogP contribution in [0.1, 0.15) is 24.2 Å². The maximum Gasteiger partial charge on any atom is 0.319 e. The molecule has 0 unspecified atom stereocenters. The van der Waals surface area contributed by atoms with E-state index in [2.05, 4.69) is 10.6 Å². The number of hydrogen-bond acceptors (Lipinski definition) is 3. The Balaban J connectivity index is 2.62. The van der Waals surface area contributed by atoms with E-state index in [0.717, 1.165) is 0 Å². The van der Waals surface area contributed by atoms with Crippen molar-refractivity contribution in [2.45, 2.75) is 13.8 Å². The number of rotatable bonds is 4. The molecule has 0 atom stereocenters. The number of urea groups is 1. The quantitative estimate of drug-likeness (QED) is 0.777.